The van der Waals surface area contributed by atoms with E-state index < -0.39 is 0 Å². The van der Waals surface area contributed by atoms with Crippen LogP contribution in [0.15, 0.2) is 12.3 Å². The molecule has 0 bridgehead atoms. The monoisotopic (exact) mass is 322 g/mol. The smallest absolute Gasteiger partial charge is 0.271 e. The molecule has 1 aromatic heterocycles. The number of hydrogen-bond donors (Lipinski definition) is 0. The van der Waals surface area contributed by atoms with E-state index in [4.69, 9.17) is 9.47 Å². The van der Waals surface area contributed by atoms with Crippen LogP contribution in [0.2, 0.25) is 0 Å². The zero-order valence-electron chi connectivity index (χ0n) is 15.5. The largest absolute Gasteiger partial charge is 0.359 e. The van der Waals surface area contributed by atoms with Gasteiger partial charge in [0.15, 0.2) is 0 Å². The fraction of sp³-hybridized carbons (Fsp3) is 0.722. The number of methoxy groups -OCH3 is 1. The maximum absolute atomic E-state index is 13.1. The lowest BCUT2D eigenvalue weighted by Gasteiger charge is -2.44. The van der Waals surface area contributed by atoms with Gasteiger partial charge in [-0.25, -0.2) is 0 Å². The summed E-state index contributed by atoms with van der Waals surface area (Å²) in [6.07, 6.45) is 2.11. The van der Waals surface area contributed by atoms with Crippen molar-refractivity contribution < 1.29 is 14.3 Å². The third-order valence-electron chi connectivity index (χ3n) is 4.21. The first-order valence-electron chi connectivity index (χ1n) is 8.16. The van der Waals surface area contributed by atoms with Crippen LogP contribution in [0.1, 0.15) is 57.6 Å². The van der Waals surface area contributed by atoms with E-state index in [0.29, 0.717) is 6.61 Å². The fourth-order valence-electron chi connectivity index (χ4n) is 3.10. The lowest BCUT2D eigenvalue weighted by molar-refractivity contribution is -0.0621. The average Bonchev–Trinajstić information content (AvgIpc) is 2.81. The predicted molar refractivity (Wildman–Crippen MR) is 90.7 cm³/mol. The van der Waals surface area contributed by atoms with Gasteiger partial charge in [0.05, 0.1) is 12.6 Å². The second-order valence-electron chi connectivity index (χ2n) is 8.29. The molecule has 0 spiro atoms. The van der Waals surface area contributed by atoms with Crippen molar-refractivity contribution in [2.45, 2.75) is 65.1 Å². The molecule has 5 nitrogen and oxygen atoms in total. The lowest BCUT2D eigenvalue weighted by Crippen LogP contribution is -2.57. The quantitative estimate of drug-likeness (QED) is 0.632. The molecule has 5 heteroatoms. The standard InChI is InChI=1S/C18H30N2O3/c1-17(2,3)13-8-15-16(21)20(18(4,5)6)14(10-19(15)9-13)11-23-12-22-7/h8-9,14H,10-12H2,1-7H3/t14-/m1/s1. The summed E-state index contributed by atoms with van der Waals surface area (Å²) in [5.74, 6) is 0.0743. The topological polar surface area (TPSA) is 43.7 Å². The Balaban J connectivity index is 2.35. The Morgan fingerprint density at radius 3 is 2.39 bits per heavy atom. The van der Waals surface area contributed by atoms with Crippen molar-refractivity contribution in [1.82, 2.24) is 9.47 Å². The van der Waals surface area contributed by atoms with E-state index in [1.165, 1.54) is 5.56 Å². The number of carbonyl (C=O) groups is 1. The Morgan fingerprint density at radius 1 is 1.22 bits per heavy atom. The molecular weight excluding hydrogens is 292 g/mol. The molecule has 130 valence electrons. The van der Waals surface area contributed by atoms with Gasteiger partial charge in [-0.1, -0.05) is 20.8 Å². The lowest BCUT2D eigenvalue weighted by atomic mass is 9.89. The van der Waals surface area contributed by atoms with Crippen LogP contribution < -0.4 is 0 Å². The number of ether oxygens (including phenoxy) is 2. The molecule has 0 saturated heterocycles. The number of hydrogen-bond acceptors (Lipinski definition) is 3. The van der Waals surface area contributed by atoms with Crippen LogP contribution in [0.5, 0.6) is 0 Å². The third-order valence-corrected chi connectivity index (χ3v) is 4.21. The van der Waals surface area contributed by atoms with Crippen LogP contribution in [0.25, 0.3) is 0 Å². The average molecular weight is 322 g/mol. The van der Waals surface area contributed by atoms with Crippen molar-refractivity contribution in [1.29, 1.82) is 0 Å². The van der Waals surface area contributed by atoms with Gasteiger partial charge >= 0.3 is 0 Å². The summed E-state index contributed by atoms with van der Waals surface area (Å²) in [6.45, 7) is 14.2. The SMILES string of the molecule is COCOC[C@H]1Cn2cc(C(C)(C)C)cc2C(=O)N1C(C)(C)C. The minimum Gasteiger partial charge on any atom is -0.359 e. The van der Waals surface area contributed by atoms with Crippen LogP contribution >= 0.6 is 0 Å². The van der Waals surface area contributed by atoms with Crippen LogP contribution in [0, 0.1) is 0 Å². The van der Waals surface area contributed by atoms with E-state index in [-0.39, 0.29) is 29.7 Å². The van der Waals surface area contributed by atoms with E-state index in [0.717, 1.165) is 12.2 Å². The fourth-order valence-corrected chi connectivity index (χ4v) is 3.10. The number of nitrogens with zero attached hydrogens (tertiary/aromatic N) is 2. The summed E-state index contributed by atoms with van der Waals surface area (Å²) in [4.78, 5) is 15.0. The molecule has 0 radical (unpaired) electrons. The van der Waals surface area contributed by atoms with Crippen molar-refractivity contribution in [3.63, 3.8) is 0 Å². The molecule has 0 saturated carbocycles. The number of amides is 1. The van der Waals surface area contributed by atoms with Crippen LogP contribution in [-0.2, 0) is 21.4 Å². The third kappa shape index (κ3) is 3.78. The molecule has 2 heterocycles. The summed E-state index contributed by atoms with van der Waals surface area (Å²) in [5, 5.41) is 0. The number of fused-ring (bicyclic) bond motifs is 1. The van der Waals surface area contributed by atoms with Crippen molar-refractivity contribution in [3.8, 4) is 0 Å². The molecule has 1 aromatic rings. The molecule has 23 heavy (non-hydrogen) atoms. The minimum atomic E-state index is -0.254. The van der Waals surface area contributed by atoms with Crippen molar-refractivity contribution in [2.24, 2.45) is 0 Å². The normalized spacial score (nSPS) is 19.2. The molecule has 1 aliphatic rings. The first-order chi connectivity index (χ1) is 10.6. The van der Waals surface area contributed by atoms with Gasteiger partial charge < -0.3 is 18.9 Å². The van der Waals surface area contributed by atoms with Crippen LogP contribution in [0.3, 0.4) is 0 Å². The zero-order valence-corrected chi connectivity index (χ0v) is 15.5. The summed E-state index contributed by atoms with van der Waals surface area (Å²) < 4.78 is 12.6. The summed E-state index contributed by atoms with van der Waals surface area (Å²) in [6, 6.07) is 2.04. The summed E-state index contributed by atoms with van der Waals surface area (Å²) >= 11 is 0. The Bertz CT molecular complexity index is 564. The highest BCUT2D eigenvalue weighted by Crippen LogP contribution is 2.31. The Hall–Kier alpha value is -1.33. The molecule has 0 aromatic carbocycles. The van der Waals surface area contributed by atoms with Gasteiger partial charge in [0, 0.05) is 25.4 Å². The van der Waals surface area contributed by atoms with Gasteiger partial charge in [-0.3, -0.25) is 4.79 Å². The van der Waals surface area contributed by atoms with Crippen LogP contribution in [-0.4, -0.2) is 47.5 Å². The highest BCUT2D eigenvalue weighted by atomic mass is 16.7. The molecule has 0 aliphatic carbocycles. The number of carbonyl (C=O) groups excluding carboxylic acids is 1. The predicted octanol–water partition coefficient (Wildman–Crippen LogP) is 3.03. The van der Waals surface area contributed by atoms with Gasteiger partial charge in [0.25, 0.3) is 5.91 Å². The molecule has 2 rings (SSSR count). The second-order valence-corrected chi connectivity index (χ2v) is 8.29. The Labute approximate surface area is 139 Å². The first kappa shape index (κ1) is 18.0. The van der Waals surface area contributed by atoms with Gasteiger partial charge in [-0.15, -0.1) is 0 Å². The second kappa shape index (κ2) is 6.29. The Kier molecular flexibility index (Phi) is 4.92. The summed E-state index contributed by atoms with van der Waals surface area (Å²) in [7, 11) is 1.60. The molecule has 1 atom stereocenters. The van der Waals surface area contributed by atoms with E-state index in [2.05, 4.69) is 52.3 Å². The Morgan fingerprint density at radius 2 is 1.87 bits per heavy atom. The highest BCUT2D eigenvalue weighted by molar-refractivity contribution is 5.94. The maximum Gasteiger partial charge on any atom is 0.271 e. The number of rotatable bonds is 4. The van der Waals surface area contributed by atoms with Crippen LogP contribution in [0.4, 0.5) is 0 Å². The van der Waals surface area contributed by atoms with E-state index in [1.807, 2.05) is 11.0 Å². The molecular formula is C18H30N2O3. The molecule has 0 unspecified atom stereocenters. The zero-order chi connectivity index (χ0) is 17.4. The maximum atomic E-state index is 13.1. The van der Waals surface area contributed by atoms with E-state index in [1.54, 1.807) is 7.11 Å². The van der Waals surface area contributed by atoms with E-state index >= 15 is 0 Å². The van der Waals surface area contributed by atoms with Crippen molar-refractivity contribution in [2.75, 3.05) is 20.5 Å². The minimum absolute atomic E-state index is 0.00497. The first-order valence-corrected chi connectivity index (χ1v) is 8.16. The van der Waals surface area contributed by atoms with Gasteiger partial charge in [0.2, 0.25) is 0 Å². The van der Waals surface area contributed by atoms with Crippen molar-refractivity contribution >= 4 is 5.91 Å². The van der Waals surface area contributed by atoms with E-state index in [9.17, 15) is 4.79 Å². The highest BCUT2D eigenvalue weighted by Gasteiger charge is 2.39. The molecule has 1 amide bonds. The molecule has 0 N–H and O–H groups in total. The van der Waals surface area contributed by atoms with Crippen molar-refractivity contribution in [3.05, 3.63) is 23.5 Å². The summed E-state index contributed by atoms with van der Waals surface area (Å²) in [5.41, 5.74) is 1.73. The van der Waals surface area contributed by atoms with Gasteiger partial charge in [-0.2, -0.15) is 0 Å². The molecule has 1 aliphatic heterocycles. The van der Waals surface area contributed by atoms with Gasteiger partial charge in [-0.05, 0) is 37.8 Å². The molecule has 0 fully saturated rings. The number of aromatic nitrogens is 1. The van der Waals surface area contributed by atoms with Gasteiger partial charge in [0.1, 0.15) is 12.5 Å².